The Morgan fingerprint density at radius 1 is 0.420 bits per heavy atom. The fraction of sp³-hybridized carbons (Fsp3) is 0. The molecule has 8 aromatic carbocycles. The van der Waals surface area contributed by atoms with Crippen LogP contribution in [0.2, 0.25) is 0 Å². The molecule has 3 heterocycles. The molecular weight excluding hydrogens is 647 g/mol. The number of para-hydroxylation sites is 2. The third kappa shape index (κ3) is 4.13. The SMILES string of the molecule is c1ccc(-c2ccc(N(c3ccc4c(c3)sc3ccc5sc6c7ccccc7ccc6c5c34)c3cccc4c3oc3ccccc34)cc2)cc1. The zero-order valence-electron chi connectivity index (χ0n) is 26.8. The predicted octanol–water partition coefficient (Wildman–Crippen LogP) is 14.6. The summed E-state index contributed by atoms with van der Waals surface area (Å²) in [5, 5.41) is 10.2. The van der Waals surface area contributed by atoms with E-state index in [-0.39, 0.29) is 0 Å². The second-order valence-corrected chi connectivity index (χ2v) is 15.0. The molecule has 0 aliphatic heterocycles. The maximum Gasteiger partial charge on any atom is 0.159 e. The van der Waals surface area contributed by atoms with E-state index in [1.165, 1.54) is 62.2 Å². The number of thiophene rings is 2. The Labute approximate surface area is 295 Å². The molecule has 234 valence electrons. The summed E-state index contributed by atoms with van der Waals surface area (Å²) in [6.45, 7) is 0. The van der Waals surface area contributed by atoms with E-state index in [4.69, 9.17) is 4.42 Å². The lowest BCUT2D eigenvalue weighted by Crippen LogP contribution is -2.10. The van der Waals surface area contributed by atoms with Crippen LogP contribution < -0.4 is 4.90 Å². The van der Waals surface area contributed by atoms with Gasteiger partial charge in [0.2, 0.25) is 0 Å². The van der Waals surface area contributed by atoms with E-state index in [0.29, 0.717) is 0 Å². The van der Waals surface area contributed by atoms with Crippen LogP contribution in [0.3, 0.4) is 0 Å². The Morgan fingerprint density at radius 3 is 1.98 bits per heavy atom. The first kappa shape index (κ1) is 28.0. The van der Waals surface area contributed by atoms with Crippen LogP contribution in [0.5, 0.6) is 0 Å². The fourth-order valence-electron chi connectivity index (χ4n) is 7.76. The molecule has 50 heavy (non-hydrogen) atoms. The minimum Gasteiger partial charge on any atom is -0.454 e. The largest absolute Gasteiger partial charge is 0.454 e. The summed E-state index contributed by atoms with van der Waals surface area (Å²) in [6, 6.07) is 59.2. The average Bonchev–Trinajstić information content (AvgIpc) is 3.87. The maximum absolute atomic E-state index is 6.61. The Balaban J connectivity index is 1.14. The van der Waals surface area contributed by atoms with Gasteiger partial charge in [-0.3, -0.25) is 0 Å². The number of benzene rings is 8. The molecule has 0 saturated carbocycles. The van der Waals surface area contributed by atoms with E-state index in [1.807, 2.05) is 28.7 Å². The zero-order valence-corrected chi connectivity index (χ0v) is 28.4. The first-order valence-electron chi connectivity index (χ1n) is 16.8. The van der Waals surface area contributed by atoms with Crippen molar-refractivity contribution >= 4 is 113 Å². The van der Waals surface area contributed by atoms with Crippen molar-refractivity contribution in [1.82, 2.24) is 0 Å². The molecule has 0 unspecified atom stereocenters. The van der Waals surface area contributed by atoms with Gasteiger partial charge in [-0.05, 0) is 70.4 Å². The van der Waals surface area contributed by atoms with Crippen LogP contribution in [0.15, 0.2) is 168 Å². The van der Waals surface area contributed by atoms with Gasteiger partial charge in [0, 0.05) is 62.5 Å². The number of nitrogens with zero attached hydrogens (tertiary/aromatic N) is 1. The molecule has 4 heteroatoms. The number of furan rings is 1. The van der Waals surface area contributed by atoms with Gasteiger partial charge >= 0.3 is 0 Å². The number of anilines is 3. The third-order valence-corrected chi connectivity index (χ3v) is 12.4. The van der Waals surface area contributed by atoms with Crippen LogP contribution >= 0.6 is 22.7 Å². The highest BCUT2D eigenvalue weighted by Crippen LogP contribution is 2.48. The van der Waals surface area contributed by atoms with E-state index in [2.05, 4.69) is 163 Å². The third-order valence-electron chi connectivity index (χ3n) is 10.1. The minimum atomic E-state index is 0.885. The molecule has 0 saturated heterocycles. The second-order valence-electron chi connectivity index (χ2n) is 12.9. The van der Waals surface area contributed by atoms with Crippen molar-refractivity contribution in [3.8, 4) is 11.1 Å². The molecule has 11 rings (SSSR count). The molecule has 0 fully saturated rings. The summed E-state index contributed by atoms with van der Waals surface area (Å²) in [4.78, 5) is 2.35. The number of hydrogen-bond acceptors (Lipinski definition) is 4. The quantitative estimate of drug-likeness (QED) is 0.185. The summed E-state index contributed by atoms with van der Waals surface area (Å²) in [7, 11) is 0. The standard InChI is InChI=1S/C46H27NOS2/c1-2-9-28(10-3-1)29-17-20-31(21-18-29)47(38-15-8-14-35-34-13-6-7-16-39(34)48-45(35)38)32-22-24-36-42(27-32)49-40-25-26-41-44(43(36)40)37-23-19-30-11-4-5-12-33(30)46(37)50-41/h1-27H. The number of hydrogen-bond donors (Lipinski definition) is 0. The highest BCUT2D eigenvalue weighted by molar-refractivity contribution is 7.28. The summed E-state index contributed by atoms with van der Waals surface area (Å²) in [6.07, 6.45) is 0. The van der Waals surface area contributed by atoms with Crippen LogP contribution in [-0.4, -0.2) is 0 Å². The van der Waals surface area contributed by atoms with Crippen LogP contribution in [0.25, 0.3) is 84.2 Å². The fourth-order valence-corrected chi connectivity index (χ4v) is 10.2. The van der Waals surface area contributed by atoms with Crippen molar-refractivity contribution in [3.63, 3.8) is 0 Å². The molecule has 2 nitrogen and oxygen atoms in total. The average molecular weight is 674 g/mol. The van der Waals surface area contributed by atoms with Crippen molar-refractivity contribution in [3.05, 3.63) is 164 Å². The van der Waals surface area contributed by atoms with Crippen molar-refractivity contribution in [2.45, 2.75) is 0 Å². The molecule has 0 N–H and O–H groups in total. The lowest BCUT2D eigenvalue weighted by Gasteiger charge is -2.26. The van der Waals surface area contributed by atoms with Crippen molar-refractivity contribution in [2.75, 3.05) is 4.90 Å². The number of fused-ring (bicyclic) bond motifs is 12. The topological polar surface area (TPSA) is 16.4 Å². The van der Waals surface area contributed by atoms with Crippen molar-refractivity contribution in [2.24, 2.45) is 0 Å². The molecule has 0 spiro atoms. The van der Waals surface area contributed by atoms with E-state index in [1.54, 1.807) is 0 Å². The molecule has 0 bridgehead atoms. The van der Waals surface area contributed by atoms with E-state index < -0.39 is 0 Å². The lowest BCUT2D eigenvalue weighted by molar-refractivity contribution is 0.669. The maximum atomic E-state index is 6.61. The van der Waals surface area contributed by atoms with Crippen LogP contribution in [-0.2, 0) is 0 Å². The lowest BCUT2D eigenvalue weighted by atomic mass is 10.0. The Kier molecular flexibility index (Phi) is 6.03. The van der Waals surface area contributed by atoms with Gasteiger partial charge in [-0.15, -0.1) is 22.7 Å². The van der Waals surface area contributed by atoms with Gasteiger partial charge in [0.1, 0.15) is 5.58 Å². The van der Waals surface area contributed by atoms with Gasteiger partial charge in [-0.2, -0.15) is 0 Å². The van der Waals surface area contributed by atoms with Gasteiger partial charge in [0.15, 0.2) is 5.58 Å². The van der Waals surface area contributed by atoms with Crippen LogP contribution in [0.1, 0.15) is 0 Å². The Bertz CT molecular complexity index is 3090. The molecule has 3 aromatic heterocycles. The minimum absolute atomic E-state index is 0.885. The first-order chi connectivity index (χ1) is 24.8. The molecule has 11 aromatic rings. The van der Waals surface area contributed by atoms with Gasteiger partial charge in [-0.25, -0.2) is 0 Å². The monoisotopic (exact) mass is 673 g/mol. The second kappa shape index (κ2) is 10.8. The van der Waals surface area contributed by atoms with Crippen LogP contribution in [0.4, 0.5) is 17.1 Å². The van der Waals surface area contributed by atoms with Crippen molar-refractivity contribution in [1.29, 1.82) is 0 Å². The predicted molar refractivity (Wildman–Crippen MR) is 217 cm³/mol. The molecule has 0 radical (unpaired) electrons. The molecule has 0 aliphatic carbocycles. The van der Waals surface area contributed by atoms with Gasteiger partial charge in [-0.1, -0.05) is 115 Å². The van der Waals surface area contributed by atoms with E-state index >= 15 is 0 Å². The highest BCUT2D eigenvalue weighted by Gasteiger charge is 2.21. The molecular formula is C46H27NOS2. The number of rotatable bonds is 4. The van der Waals surface area contributed by atoms with Gasteiger partial charge < -0.3 is 9.32 Å². The molecule has 0 aliphatic rings. The normalized spacial score (nSPS) is 12.0. The van der Waals surface area contributed by atoms with Gasteiger partial charge in [0.05, 0.1) is 5.69 Å². The van der Waals surface area contributed by atoms with Crippen LogP contribution in [0, 0.1) is 0 Å². The molecule has 0 amide bonds. The highest BCUT2D eigenvalue weighted by atomic mass is 32.1. The Hall–Kier alpha value is -5.94. The smallest absolute Gasteiger partial charge is 0.159 e. The summed E-state index contributed by atoms with van der Waals surface area (Å²) >= 11 is 3.78. The van der Waals surface area contributed by atoms with E-state index in [9.17, 15) is 0 Å². The van der Waals surface area contributed by atoms with E-state index in [0.717, 1.165) is 39.0 Å². The Morgan fingerprint density at radius 2 is 1.10 bits per heavy atom. The van der Waals surface area contributed by atoms with Crippen molar-refractivity contribution < 1.29 is 4.42 Å². The summed E-state index contributed by atoms with van der Waals surface area (Å²) < 4.78 is 11.9. The molecule has 0 atom stereocenters. The summed E-state index contributed by atoms with van der Waals surface area (Å²) in [5.41, 5.74) is 7.38. The first-order valence-corrected chi connectivity index (χ1v) is 18.5. The zero-order chi connectivity index (χ0) is 32.8. The van der Waals surface area contributed by atoms with Gasteiger partial charge in [0.25, 0.3) is 0 Å². The summed E-state index contributed by atoms with van der Waals surface area (Å²) in [5.74, 6) is 0.